The Morgan fingerprint density at radius 3 is 2.65 bits per heavy atom. The van der Waals surface area contributed by atoms with E-state index in [1.807, 2.05) is 25.1 Å². The average molecular weight is 597 g/mol. The van der Waals surface area contributed by atoms with Crippen molar-refractivity contribution in [2.24, 2.45) is 5.10 Å². The van der Waals surface area contributed by atoms with Crippen LogP contribution >= 0.6 is 38.5 Å². The number of ether oxygens (including phenoxy) is 2. The average Bonchev–Trinajstić information content (AvgIpc) is 2.74. The quantitative estimate of drug-likeness (QED) is 0.199. The Bertz CT molecular complexity index is 1090. The molecule has 0 atom stereocenters. The minimum atomic E-state index is -0.294. The topological polar surface area (TPSA) is 59.9 Å². The molecule has 3 aromatic carbocycles. The maximum Gasteiger partial charge on any atom is 0.271 e. The normalized spacial score (nSPS) is 10.8. The van der Waals surface area contributed by atoms with Crippen LogP contribution in [0, 0.1) is 9.39 Å². The molecule has 0 heterocycles. The van der Waals surface area contributed by atoms with Crippen LogP contribution in [0.2, 0.25) is 0 Å². The van der Waals surface area contributed by atoms with Crippen molar-refractivity contribution in [1.82, 2.24) is 5.43 Å². The van der Waals surface area contributed by atoms with E-state index in [1.54, 1.807) is 30.3 Å². The Labute approximate surface area is 201 Å². The summed E-state index contributed by atoms with van der Waals surface area (Å²) in [5, 5.41) is 4.04. The molecule has 0 saturated heterocycles. The van der Waals surface area contributed by atoms with E-state index in [2.05, 4.69) is 49.0 Å². The van der Waals surface area contributed by atoms with E-state index in [0.29, 0.717) is 33.7 Å². The van der Waals surface area contributed by atoms with E-state index < -0.39 is 0 Å². The first kappa shape index (κ1) is 23.2. The Balaban J connectivity index is 1.72. The lowest BCUT2D eigenvalue weighted by molar-refractivity contribution is 0.0955. The molecule has 0 aromatic heterocycles. The molecule has 0 aliphatic heterocycles. The summed E-state index contributed by atoms with van der Waals surface area (Å²) < 4.78 is 26.3. The number of amides is 1. The summed E-state index contributed by atoms with van der Waals surface area (Å²) in [6.07, 6.45) is 1.53. The van der Waals surface area contributed by atoms with Gasteiger partial charge >= 0.3 is 0 Å². The summed E-state index contributed by atoms with van der Waals surface area (Å²) in [5.74, 6) is 0.478. The fourth-order valence-corrected chi connectivity index (χ4v) is 3.78. The van der Waals surface area contributed by atoms with Gasteiger partial charge in [-0.3, -0.25) is 4.79 Å². The van der Waals surface area contributed by atoms with Crippen LogP contribution in [0.4, 0.5) is 4.39 Å². The zero-order valence-electron chi connectivity index (χ0n) is 16.6. The molecule has 31 heavy (non-hydrogen) atoms. The molecule has 0 saturated carbocycles. The minimum Gasteiger partial charge on any atom is -0.490 e. The van der Waals surface area contributed by atoms with Crippen molar-refractivity contribution in [3.05, 3.63) is 91.2 Å². The standard InChI is InChI=1S/C23H19BrFIN2O3/c1-2-30-21-11-16(13-27-28-23(29)17-4-3-5-19(26)12-17)10-20(24)22(21)31-14-15-6-8-18(25)9-7-15/h3-13H,2,14H2,1H3,(H,28,29)/b27-13-. The highest BCUT2D eigenvalue weighted by atomic mass is 127. The van der Waals surface area contributed by atoms with Crippen LogP contribution in [-0.2, 0) is 6.61 Å². The number of carbonyl (C=O) groups excluding carboxylic acids is 1. The Hall–Kier alpha value is -2.46. The third kappa shape index (κ3) is 6.76. The second-order valence-electron chi connectivity index (χ2n) is 6.39. The highest BCUT2D eigenvalue weighted by Gasteiger charge is 2.12. The second kappa shape index (κ2) is 11.2. The summed E-state index contributed by atoms with van der Waals surface area (Å²) in [5.41, 5.74) is 4.60. The van der Waals surface area contributed by atoms with Crippen LogP contribution < -0.4 is 14.9 Å². The SMILES string of the molecule is CCOc1cc(/C=N\NC(=O)c2cccc(I)c2)cc(Br)c1OCc1ccc(F)cc1. The number of hydrazone groups is 1. The number of nitrogens with one attached hydrogen (secondary N) is 1. The molecule has 3 aromatic rings. The minimum absolute atomic E-state index is 0.262. The van der Waals surface area contributed by atoms with Gasteiger partial charge in [0.1, 0.15) is 12.4 Å². The molecule has 0 fully saturated rings. The first-order chi connectivity index (χ1) is 15.0. The van der Waals surface area contributed by atoms with Crippen LogP contribution in [0.5, 0.6) is 11.5 Å². The molecule has 0 aliphatic carbocycles. The molecule has 0 aliphatic rings. The van der Waals surface area contributed by atoms with Gasteiger partial charge in [-0.2, -0.15) is 5.10 Å². The molecule has 1 amide bonds. The number of halogens is 3. The molecule has 8 heteroatoms. The number of rotatable bonds is 8. The molecule has 0 radical (unpaired) electrons. The van der Waals surface area contributed by atoms with Gasteiger partial charge in [-0.05, 0) is 99.0 Å². The van der Waals surface area contributed by atoms with Gasteiger partial charge in [0, 0.05) is 9.13 Å². The number of hydrogen-bond donors (Lipinski definition) is 1. The van der Waals surface area contributed by atoms with Crippen molar-refractivity contribution < 1.29 is 18.7 Å². The number of carbonyl (C=O) groups is 1. The lowest BCUT2D eigenvalue weighted by atomic mass is 10.2. The number of benzene rings is 3. The maximum absolute atomic E-state index is 13.1. The molecule has 0 spiro atoms. The van der Waals surface area contributed by atoms with Crippen LogP contribution in [0.3, 0.4) is 0 Å². The summed E-state index contributed by atoms with van der Waals surface area (Å²) >= 11 is 5.65. The third-order valence-corrected chi connectivity index (χ3v) is 5.35. The van der Waals surface area contributed by atoms with Gasteiger partial charge in [0.15, 0.2) is 11.5 Å². The smallest absolute Gasteiger partial charge is 0.271 e. The molecule has 3 rings (SSSR count). The van der Waals surface area contributed by atoms with Crippen molar-refractivity contribution in [1.29, 1.82) is 0 Å². The molecule has 0 bridgehead atoms. The van der Waals surface area contributed by atoms with Crippen LogP contribution in [0.25, 0.3) is 0 Å². The van der Waals surface area contributed by atoms with Crippen LogP contribution in [0.1, 0.15) is 28.4 Å². The highest BCUT2D eigenvalue weighted by molar-refractivity contribution is 14.1. The summed E-state index contributed by atoms with van der Waals surface area (Å²) in [7, 11) is 0. The van der Waals surface area contributed by atoms with E-state index >= 15 is 0 Å². The first-order valence-corrected chi connectivity index (χ1v) is 11.3. The lowest BCUT2D eigenvalue weighted by Gasteiger charge is -2.14. The Morgan fingerprint density at radius 2 is 1.94 bits per heavy atom. The predicted octanol–water partition coefficient (Wildman–Crippen LogP) is 5.93. The monoisotopic (exact) mass is 596 g/mol. The Kier molecular flexibility index (Phi) is 8.42. The first-order valence-electron chi connectivity index (χ1n) is 9.39. The Morgan fingerprint density at radius 1 is 1.16 bits per heavy atom. The van der Waals surface area contributed by atoms with Crippen molar-refractivity contribution in [2.45, 2.75) is 13.5 Å². The third-order valence-electron chi connectivity index (χ3n) is 4.09. The second-order valence-corrected chi connectivity index (χ2v) is 8.49. The number of hydrogen-bond acceptors (Lipinski definition) is 4. The molecule has 0 unspecified atom stereocenters. The van der Waals surface area contributed by atoms with Crippen molar-refractivity contribution in [3.8, 4) is 11.5 Å². The lowest BCUT2D eigenvalue weighted by Crippen LogP contribution is -2.17. The van der Waals surface area contributed by atoms with Crippen molar-refractivity contribution in [2.75, 3.05) is 6.61 Å². The summed E-state index contributed by atoms with van der Waals surface area (Å²) in [4.78, 5) is 12.2. The summed E-state index contributed by atoms with van der Waals surface area (Å²) in [6, 6.07) is 16.9. The molecule has 5 nitrogen and oxygen atoms in total. The number of nitrogens with zero attached hydrogens (tertiary/aromatic N) is 1. The van der Waals surface area contributed by atoms with Crippen LogP contribution in [0.15, 0.2) is 70.2 Å². The van der Waals surface area contributed by atoms with Crippen LogP contribution in [-0.4, -0.2) is 18.7 Å². The van der Waals surface area contributed by atoms with Gasteiger partial charge in [-0.1, -0.05) is 18.2 Å². The molecule has 1 N–H and O–H groups in total. The van der Waals surface area contributed by atoms with Crippen molar-refractivity contribution >= 4 is 50.6 Å². The summed E-state index contributed by atoms with van der Waals surface area (Å²) in [6.45, 7) is 2.58. The fraction of sp³-hybridized carbons (Fsp3) is 0.130. The van der Waals surface area contributed by atoms with Gasteiger partial charge in [0.05, 0.1) is 17.3 Å². The largest absolute Gasteiger partial charge is 0.490 e. The van der Waals surface area contributed by atoms with Crippen molar-refractivity contribution in [3.63, 3.8) is 0 Å². The van der Waals surface area contributed by atoms with E-state index in [9.17, 15) is 9.18 Å². The van der Waals surface area contributed by atoms with Gasteiger partial charge < -0.3 is 9.47 Å². The molecular formula is C23H19BrFIN2O3. The molecule has 160 valence electrons. The zero-order valence-corrected chi connectivity index (χ0v) is 20.3. The van der Waals surface area contributed by atoms with Gasteiger partial charge in [-0.15, -0.1) is 0 Å². The predicted molar refractivity (Wildman–Crippen MR) is 130 cm³/mol. The van der Waals surface area contributed by atoms with Gasteiger partial charge in [-0.25, -0.2) is 9.82 Å². The molecular weight excluding hydrogens is 578 g/mol. The maximum atomic E-state index is 13.1. The van der Waals surface area contributed by atoms with Gasteiger partial charge in [0.25, 0.3) is 5.91 Å². The highest BCUT2D eigenvalue weighted by Crippen LogP contribution is 2.37. The fourth-order valence-electron chi connectivity index (χ4n) is 2.66. The van der Waals surface area contributed by atoms with E-state index in [4.69, 9.17) is 9.47 Å². The van der Waals surface area contributed by atoms with E-state index in [0.717, 1.165) is 9.13 Å². The van der Waals surface area contributed by atoms with E-state index in [-0.39, 0.29) is 18.3 Å². The van der Waals surface area contributed by atoms with E-state index in [1.165, 1.54) is 18.3 Å². The zero-order chi connectivity index (χ0) is 22.2. The van der Waals surface area contributed by atoms with Gasteiger partial charge in [0.2, 0.25) is 0 Å².